The molecule has 1 atom stereocenters. The summed E-state index contributed by atoms with van der Waals surface area (Å²) in [7, 11) is 1.31. The number of esters is 1. The van der Waals surface area contributed by atoms with Crippen molar-refractivity contribution in [3.63, 3.8) is 0 Å². The molecular formula is C17H24N4O4. The van der Waals surface area contributed by atoms with Gasteiger partial charge in [0.05, 0.1) is 20.3 Å². The maximum Gasteiger partial charge on any atom is 0.336 e. The van der Waals surface area contributed by atoms with E-state index in [1.807, 2.05) is 12.1 Å². The van der Waals surface area contributed by atoms with Gasteiger partial charge in [0.15, 0.2) is 6.10 Å². The van der Waals surface area contributed by atoms with E-state index in [4.69, 9.17) is 4.74 Å². The first-order valence-corrected chi connectivity index (χ1v) is 8.59. The number of hydrogen-bond acceptors (Lipinski definition) is 6. The summed E-state index contributed by atoms with van der Waals surface area (Å²) in [5, 5.41) is 2.90. The maximum atomic E-state index is 12.4. The molecule has 8 heteroatoms. The van der Waals surface area contributed by atoms with E-state index in [1.54, 1.807) is 11.1 Å². The SMILES string of the molecule is COC(=O)C1CN(C(=O)NCc2ccnc(N3CCCC3)c2)CCO1. The molecule has 2 aliphatic rings. The summed E-state index contributed by atoms with van der Waals surface area (Å²) < 4.78 is 10.0. The van der Waals surface area contributed by atoms with Gasteiger partial charge in [0.25, 0.3) is 0 Å². The number of morpholine rings is 1. The van der Waals surface area contributed by atoms with Crippen LogP contribution in [0.2, 0.25) is 0 Å². The van der Waals surface area contributed by atoms with Crippen molar-refractivity contribution in [2.75, 3.05) is 44.8 Å². The Hall–Kier alpha value is -2.35. The number of nitrogens with zero attached hydrogens (tertiary/aromatic N) is 3. The van der Waals surface area contributed by atoms with Crippen LogP contribution in [0.25, 0.3) is 0 Å². The molecule has 1 aromatic heterocycles. The molecule has 8 nitrogen and oxygen atoms in total. The molecule has 0 aromatic carbocycles. The fourth-order valence-electron chi connectivity index (χ4n) is 3.09. The molecule has 2 saturated heterocycles. The summed E-state index contributed by atoms with van der Waals surface area (Å²) in [5.41, 5.74) is 1.00. The Kier molecular flexibility index (Phi) is 5.70. The van der Waals surface area contributed by atoms with Gasteiger partial charge in [-0.3, -0.25) is 0 Å². The van der Waals surface area contributed by atoms with Crippen molar-refractivity contribution in [2.24, 2.45) is 0 Å². The third kappa shape index (κ3) is 4.39. The number of carbonyl (C=O) groups is 2. The lowest BCUT2D eigenvalue weighted by atomic mass is 10.2. The summed E-state index contributed by atoms with van der Waals surface area (Å²) >= 11 is 0. The molecule has 136 valence electrons. The molecule has 0 aliphatic carbocycles. The third-order valence-corrected chi connectivity index (χ3v) is 4.50. The van der Waals surface area contributed by atoms with Crippen molar-refractivity contribution < 1.29 is 19.1 Å². The number of urea groups is 1. The van der Waals surface area contributed by atoms with E-state index in [1.165, 1.54) is 20.0 Å². The zero-order chi connectivity index (χ0) is 17.6. The summed E-state index contributed by atoms with van der Waals surface area (Å²) in [6.07, 6.45) is 3.45. The quantitative estimate of drug-likeness (QED) is 0.809. The summed E-state index contributed by atoms with van der Waals surface area (Å²) in [6.45, 7) is 3.46. The van der Waals surface area contributed by atoms with Crippen molar-refractivity contribution in [2.45, 2.75) is 25.5 Å². The average molecular weight is 348 g/mol. The highest BCUT2D eigenvalue weighted by Gasteiger charge is 2.29. The zero-order valence-electron chi connectivity index (χ0n) is 14.4. The van der Waals surface area contributed by atoms with Gasteiger partial charge in [-0.2, -0.15) is 0 Å². The third-order valence-electron chi connectivity index (χ3n) is 4.50. The first-order chi connectivity index (χ1) is 12.2. The molecule has 25 heavy (non-hydrogen) atoms. The van der Waals surface area contributed by atoms with Gasteiger partial charge in [0, 0.05) is 32.4 Å². The number of pyridine rings is 1. The Morgan fingerprint density at radius 2 is 2.16 bits per heavy atom. The number of hydrogen-bond donors (Lipinski definition) is 1. The largest absolute Gasteiger partial charge is 0.467 e. The molecule has 0 radical (unpaired) electrons. The lowest BCUT2D eigenvalue weighted by Gasteiger charge is -2.31. The standard InChI is InChI=1S/C17H24N4O4/c1-24-16(22)14-12-21(8-9-25-14)17(23)19-11-13-4-5-18-15(10-13)20-6-2-3-7-20/h4-5,10,14H,2-3,6-9,11-12H2,1H3,(H,19,23). The van der Waals surface area contributed by atoms with Gasteiger partial charge in [-0.1, -0.05) is 0 Å². The fraction of sp³-hybridized carbons (Fsp3) is 0.588. The lowest BCUT2D eigenvalue weighted by molar-refractivity contribution is -0.158. The highest BCUT2D eigenvalue weighted by molar-refractivity contribution is 5.78. The average Bonchev–Trinajstić information content (AvgIpc) is 3.20. The van der Waals surface area contributed by atoms with Crippen LogP contribution in [0, 0.1) is 0 Å². The molecule has 2 fully saturated rings. The number of aromatic nitrogens is 1. The Labute approximate surface area is 147 Å². The molecule has 3 heterocycles. The number of amides is 2. The lowest BCUT2D eigenvalue weighted by Crippen LogP contribution is -2.51. The number of rotatable bonds is 4. The molecule has 0 spiro atoms. The fourth-order valence-corrected chi connectivity index (χ4v) is 3.09. The normalized spacial score (nSPS) is 20.4. The highest BCUT2D eigenvalue weighted by Crippen LogP contribution is 2.18. The molecule has 0 bridgehead atoms. The maximum absolute atomic E-state index is 12.4. The van der Waals surface area contributed by atoms with Gasteiger partial charge >= 0.3 is 12.0 Å². The number of anilines is 1. The van der Waals surface area contributed by atoms with E-state index >= 15 is 0 Å². The summed E-state index contributed by atoms with van der Waals surface area (Å²) in [4.78, 5) is 32.2. The van der Waals surface area contributed by atoms with Gasteiger partial charge in [-0.05, 0) is 30.5 Å². The van der Waals surface area contributed by atoms with Crippen LogP contribution in [-0.4, -0.2) is 67.9 Å². The van der Waals surface area contributed by atoms with Crippen molar-refractivity contribution in [1.29, 1.82) is 0 Å². The number of methoxy groups -OCH3 is 1. The van der Waals surface area contributed by atoms with E-state index < -0.39 is 12.1 Å². The molecule has 3 rings (SSSR count). The van der Waals surface area contributed by atoms with Gasteiger partial charge in [0.2, 0.25) is 0 Å². The van der Waals surface area contributed by atoms with Crippen LogP contribution in [0.1, 0.15) is 18.4 Å². The van der Waals surface area contributed by atoms with Crippen LogP contribution in [0.4, 0.5) is 10.6 Å². The minimum absolute atomic E-state index is 0.202. The number of carbonyl (C=O) groups excluding carboxylic acids is 2. The van der Waals surface area contributed by atoms with E-state index in [0.717, 1.165) is 24.5 Å². The van der Waals surface area contributed by atoms with E-state index in [-0.39, 0.29) is 12.6 Å². The highest BCUT2D eigenvalue weighted by atomic mass is 16.6. The van der Waals surface area contributed by atoms with Crippen molar-refractivity contribution in [3.05, 3.63) is 23.9 Å². The zero-order valence-corrected chi connectivity index (χ0v) is 14.4. The molecule has 2 amide bonds. The Morgan fingerprint density at radius 3 is 2.92 bits per heavy atom. The van der Waals surface area contributed by atoms with Crippen LogP contribution in [0.15, 0.2) is 18.3 Å². The molecular weight excluding hydrogens is 324 g/mol. The van der Waals surface area contributed by atoms with Crippen LogP contribution < -0.4 is 10.2 Å². The summed E-state index contributed by atoms with van der Waals surface area (Å²) in [6, 6.07) is 3.70. The number of ether oxygens (including phenoxy) is 2. The predicted molar refractivity (Wildman–Crippen MR) is 91.2 cm³/mol. The predicted octanol–water partition coefficient (Wildman–Crippen LogP) is 0.765. The smallest absolute Gasteiger partial charge is 0.336 e. The van der Waals surface area contributed by atoms with Crippen molar-refractivity contribution >= 4 is 17.8 Å². The van der Waals surface area contributed by atoms with E-state index in [2.05, 4.69) is 19.9 Å². The second-order valence-corrected chi connectivity index (χ2v) is 6.20. The van der Waals surface area contributed by atoms with E-state index in [9.17, 15) is 9.59 Å². The second kappa shape index (κ2) is 8.15. The molecule has 2 aliphatic heterocycles. The second-order valence-electron chi connectivity index (χ2n) is 6.20. The molecule has 1 N–H and O–H groups in total. The first kappa shape index (κ1) is 17.5. The Balaban J connectivity index is 1.53. The monoisotopic (exact) mass is 348 g/mol. The van der Waals surface area contributed by atoms with E-state index in [0.29, 0.717) is 19.7 Å². The van der Waals surface area contributed by atoms with Crippen LogP contribution in [0.3, 0.4) is 0 Å². The number of nitrogens with one attached hydrogen (secondary N) is 1. The molecule has 1 unspecified atom stereocenters. The van der Waals surface area contributed by atoms with Crippen molar-refractivity contribution in [1.82, 2.24) is 15.2 Å². The van der Waals surface area contributed by atoms with Gasteiger partial charge < -0.3 is 24.6 Å². The van der Waals surface area contributed by atoms with Gasteiger partial charge in [-0.15, -0.1) is 0 Å². The minimum atomic E-state index is -0.716. The van der Waals surface area contributed by atoms with Crippen LogP contribution in [-0.2, 0) is 20.8 Å². The molecule has 0 saturated carbocycles. The minimum Gasteiger partial charge on any atom is -0.467 e. The van der Waals surface area contributed by atoms with Gasteiger partial charge in [0.1, 0.15) is 5.82 Å². The topological polar surface area (TPSA) is 84.0 Å². The van der Waals surface area contributed by atoms with Crippen LogP contribution >= 0.6 is 0 Å². The van der Waals surface area contributed by atoms with Gasteiger partial charge in [-0.25, -0.2) is 14.6 Å². The summed E-state index contributed by atoms with van der Waals surface area (Å²) in [5.74, 6) is 0.503. The Morgan fingerprint density at radius 1 is 1.36 bits per heavy atom. The van der Waals surface area contributed by atoms with Crippen LogP contribution in [0.5, 0.6) is 0 Å². The Bertz CT molecular complexity index is 618. The van der Waals surface area contributed by atoms with Crippen molar-refractivity contribution in [3.8, 4) is 0 Å². The first-order valence-electron chi connectivity index (χ1n) is 8.59. The molecule has 1 aromatic rings.